The van der Waals surface area contributed by atoms with E-state index in [2.05, 4.69) is 27.8 Å². The molecule has 0 radical (unpaired) electrons. The van der Waals surface area contributed by atoms with Crippen molar-refractivity contribution in [3.05, 3.63) is 47.1 Å². The summed E-state index contributed by atoms with van der Waals surface area (Å²) >= 11 is 3.39. The number of amides is 2. The van der Waals surface area contributed by atoms with Crippen molar-refractivity contribution in [2.75, 3.05) is 13.1 Å². The first-order valence-electron chi connectivity index (χ1n) is 7.46. The molecular formula is C17H16BrN3O3. The van der Waals surface area contributed by atoms with Gasteiger partial charge in [-0.1, -0.05) is 22.5 Å². The molecule has 3 rings (SSSR count). The van der Waals surface area contributed by atoms with Gasteiger partial charge in [0.05, 0.1) is 6.04 Å². The Bertz CT molecular complexity index is 837. The highest BCUT2D eigenvalue weighted by Crippen LogP contribution is 2.24. The van der Waals surface area contributed by atoms with Gasteiger partial charge in [0, 0.05) is 40.2 Å². The molecule has 1 fully saturated rings. The zero-order valence-electron chi connectivity index (χ0n) is 12.9. The van der Waals surface area contributed by atoms with Crippen LogP contribution < -0.4 is 5.32 Å². The molecule has 2 heterocycles. The van der Waals surface area contributed by atoms with Crippen LogP contribution in [0.15, 0.2) is 41.5 Å². The van der Waals surface area contributed by atoms with Crippen LogP contribution in [-0.4, -0.2) is 46.7 Å². The summed E-state index contributed by atoms with van der Waals surface area (Å²) in [5.41, 5.74) is 1.37. The molecule has 0 spiro atoms. The third kappa shape index (κ3) is 3.12. The SMILES string of the molecule is C=CC(=O)N1CC(NC(=O)Cn2cc(C=O)c3cc(Br)ccc32)C1. The minimum atomic E-state index is -0.150. The molecule has 1 saturated heterocycles. The third-order valence-electron chi connectivity index (χ3n) is 4.05. The summed E-state index contributed by atoms with van der Waals surface area (Å²) in [6.45, 7) is 4.55. The molecule has 2 aromatic rings. The van der Waals surface area contributed by atoms with E-state index in [-0.39, 0.29) is 24.4 Å². The maximum Gasteiger partial charge on any atom is 0.246 e. The molecule has 1 N–H and O–H groups in total. The molecule has 1 aliphatic rings. The lowest BCUT2D eigenvalue weighted by Gasteiger charge is -2.38. The summed E-state index contributed by atoms with van der Waals surface area (Å²) in [6.07, 6.45) is 3.73. The van der Waals surface area contributed by atoms with E-state index in [1.54, 1.807) is 15.7 Å². The molecule has 0 aliphatic carbocycles. The Hall–Kier alpha value is -2.41. The number of hydrogen-bond donors (Lipinski definition) is 1. The smallest absolute Gasteiger partial charge is 0.246 e. The van der Waals surface area contributed by atoms with Gasteiger partial charge in [0.25, 0.3) is 0 Å². The van der Waals surface area contributed by atoms with Gasteiger partial charge in [-0.25, -0.2) is 0 Å². The van der Waals surface area contributed by atoms with Crippen LogP contribution in [0.1, 0.15) is 10.4 Å². The summed E-state index contributed by atoms with van der Waals surface area (Å²) in [5.74, 6) is -0.277. The van der Waals surface area contributed by atoms with Gasteiger partial charge in [-0.15, -0.1) is 0 Å². The number of nitrogens with one attached hydrogen (secondary N) is 1. The molecule has 6 nitrogen and oxygen atoms in total. The fourth-order valence-corrected chi connectivity index (χ4v) is 3.19. The summed E-state index contributed by atoms with van der Waals surface area (Å²) in [6, 6.07) is 5.56. The van der Waals surface area contributed by atoms with Crippen molar-refractivity contribution in [3.63, 3.8) is 0 Å². The predicted octanol–water partition coefficient (Wildman–Crippen LogP) is 1.73. The van der Waals surface area contributed by atoms with Crippen molar-refractivity contribution in [1.29, 1.82) is 0 Å². The van der Waals surface area contributed by atoms with Crippen LogP contribution in [-0.2, 0) is 16.1 Å². The number of carbonyl (C=O) groups excluding carboxylic acids is 3. The minimum absolute atomic E-state index is 0.0390. The predicted molar refractivity (Wildman–Crippen MR) is 93.7 cm³/mol. The Morgan fingerprint density at radius 1 is 1.38 bits per heavy atom. The van der Waals surface area contributed by atoms with Crippen LogP contribution >= 0.6 is 15.9 Å². The summed E-state index contributed by atoms with van der Waals surface area (Å²) in [7, 11) is 0. The van der Waals surface area contributed by atoms with Crippen molar-refractivity contribution in [1.82, 2.24) is 14.8 Å². The van der Waals surface area contributed by atoms with Crippen molar-refractivity contribution in [2.45, 2.75) is 12.6 Å². The highest BCUT2D eigenvalue weighted by atomic mass is 79.9. The Morgan fingerprint density at radius 2 is 2.12 bits per heavy atom. The first-order valence-corrected chi connectivity index (χ1v) is 8.25. The molecule has 0 bridgehead atoms. The van der Waals surface area contributed by atoms with E-state index in [0.717, 1.165) is 21.7 Å². The van der Waals surface area contributed by atoms with Gasteiger partial charge in [0.2, 0.25) is 11.8 Å². The Morgan fingerprint density at radius 3 is 2.79 bits per heavy atom. The van der Waals surface area contributed by atoms with E-state index in [1.807, 2.05) is 18.2 Å². The fourth-order valence-electron chi connectivity index (χ4n) is 2.83. The highest BCUT2D eigenvalue weighted by Gasteiger charge is 2.30. The number of hydrogen-bond acceptors (Lipinski definition) is 3. The molecule has 1 aromatic heterocycles. The fraction of sp³-hybridized carbons (Fsp3) is 0.235. The molecule has 1 aromatic carbocycles. The van der Waals surface area contributed by atoms with Crippen molar-refractivity contribution < 1.29 is 14.4 Å². The molecule has 0 saturated carbocycles. The Balaban J connectivity index is 1.67. The monoisotopic (exact) mass is 389 g/mol. The average Bonchev–Trinajstić information content (AvgIpc) is 2.86. The highest BCUT2D eigenvalue weighted by molar-refractivity contribution is 9.10. The van der Waals surface area contributed by atoms with E-state index in [0.29, 0.717) is 18.7 Å². The topological polar surface area (TPSA) is 71.4 Å². The van der Waals surface area contributed by atoms with E-state index in [4.69, 9.17) is 0 Å². The quantitative estimate of drug-likeness (QED) is 0.625. The van der Waals surface area contributed by atoms with Crippen LogP contribution in [0.4, 0.5) is 0 Å². The summed E-state index contributed by atoms with van der Waals surface area (Å²) < 4.78 is 2.63. The molecule has 124 valence electrons. The normalized spacial score (nSPS) is 14.3. The number of aldehydes is 1. The van der Waals surface area contributed by atoms with Gasteiger partial charge < -0.3 is 14.8 Å². The second-order valence-electron chi connectivity index (χ2n) is 5.70. The molecule has 7 heteroatoms. The number of halogens is 1. The molecule has 24 heavy (non-hydrogen) atoms. The summed E-state index contributed by atoms with van der Waals surface area (Å²) in [4.78, 5) is 36.4. The molecular weight excluding hydrogens is 374 g/mol. The van der Waals surface area contributed by atoms with Crippen LogP contribution in [0.5, 0.6) is 0 Å². The lowest BCUT2D eigenvalue weighted by atomic mass is 10.1. The second kappa shape index (κ2) is 6.60. The zero-order valence-corrected chi connectivity index (χ0v) is 14.5. The standard InChI is InChI=1S/C17H16BrN3O3/c1-2-17(24)21-7-13(8-21)19-16(23)9-20-6-11(10-22)14-5-12(18)3-4-15(14)20/h2-6,10,13H,1,7-9H2,(H,19,23). The maximum absolute atomic E-state index is 12.2. The largest absolute Gasteiger partial charge is 0.348 e. The summed E-state index contributed by atoms with van der Waals surface area (Å²) in [5, 5.41) is 3.70. The van der Waals surface area contributed by atoms with Crippen molar-refractivity contribution in [3.8, 4) is 0 Å². The van der Waals surface area contributed by atoms with E-state index in [1.165, 1.54) is 6.08 Å². The molecule has 0 unspecified atom stereocenters. The van der Waals surface area contributed by atoms with Crippen LogP contribution in [0.2, 0.25) is 0 Å². The average molecular weight is 390 g/mol. The lowest BCUT2D eigenvalue weighted by Crippen LogP contribution is -2.61. The van der Waals surface area contributed by atoms with Gasteiger partial charge in [-0.05, 0) is 24.3 Å². The Kier molecular flexibility index (Phi) is 4.53. The first kappa shape index (κ1) is 16.4. The van der Waals surface area contributed by atoms with Gasteiger partial charge >= 0.3 is 0 Å². The number of benzene rings is 1. The third-order valence-corrected chi connectivity index (χ3v) is 4.54. The van der Waals surface area contributed by atoms with E-state index >= 15 is 0 Å². The zero-order chi connectivity index (χ0) is 17.3. The maximum atomic E-state index is 12.2. The van der Waals surface area contributed by atoms with E-state index < -0.39 is 0 Å². The van der Waals surface area contributed by atoms with Gasteiger partial charge in [-0.2, -0.15) is 0 Å². The molecule has 1 aliphatic heterocycles. The Labute approximate surface area is 147 Å². The van der Waals surface area contributed by atoms with Gasteiger partial charge in [0.1, 0.15) is 6.54 Å². The number of fused-ring (bicyclic) bond motifs is 1. The van der Waals surface area contributed by atoms with Gasteiger partial charge in [-0.3, -0.25) is 14.4 Å². The first-order chi connectivity index (χ1) is 11.5. The number of nitrogens with zero attached hydrogens (tertiary/aromatic N) is 2. The van der Waals surface area contributed by atoms with Crippen molar-refractivity contribution >= 4 is 44.9 Å². The second-order valence-corrected chi connectivity index (χ2v) is 6.62. The molecule has 2 amide bonds. The lowest BCUT2D eigenvalue weighted by molar-refractivity contribution is -0.133. The minimum Gasteiger partial charge on any atom is -0.348 e. The number of aromatic nitrogens is 1. The van der Waals surface area contributed by atoms with Crippen LogP contribution in [0.25, 0.3) is 10.9 Å². The van der Waals surface area contributed by atoms with Crippen LogP contribution in [0.3, 0.4) is 0 Å². The van der Waals surface area contributed by atoms with E-state index in [9.17, 15) is 14.4 Å². The van der Waals surface area contributed by atoms with Gasteiger partial charge in [0.15, 0.2) is 6.29 Å². The van der Waals surface area contributed by atoms with Crippen molar-refractivity contribution in [2.24, 2.45) is 0 Å². The number of likely N-dealkylation sites (tertiary alicyclic amines) is 1. The number of carbonyl (C=O) groups is 3. The van der Waals surface area contributed by atoms with Crippen LogP contribution in [0, 0.1) is 0 Å². The molecule has 0 atom stereocenters. The number of rotatable bonds is 5.